The summed E-state index contributed by atoms with van der Waals surface area (Å²) < 4.78 is 0. The molecule has 0 bridgehead atoms. The van der Waals surface area contributed by atoms with Gasteiger partial charge in [0, 0.05) is 30.5 Å². The molecule has 0 unspecified atom stereocenters. The minimum absolute atomic E-state index is 0.00939. The van der Waals surface area contributed by atoms with E-state index >= 15 is 0 Å². The number of hydrogen-bond acceptors (Lipinski definition) is 18. The van der Waals surface area contributed by atoms with Crippen LogP contribution in [0.15, 0.2) is 12.5 Å². The van der Waals surface area contributed by atoms with Gasteiger partial charge < -0.3 is 90.9 Å². The Bertz CT molecular complexity index is 2020. The summed E-state index contributed by atoms with van der Waals surface area (Å²) in [7, 11) is 0. The number of imidazole rings is 1. The van der Waals surface area contributed by atoms with Crippen LogP contribution in [0, 0.1) is 5.92 Å². The highest BCUT2D eigenvalue weighted by Gasteiger charge is 2.35. The Kier molecular flexibility index (Phi) is 32.4. The number of aliphatic hydroxyl groups is 1. The predicted octanol–water partition coefficient (Wildman–Crippen LogP) is -5.06. The summed E-state index contributed by atoms with van der Waals surface area (Å²) >= 11 is 4.16. The first-order chi connectivity index (χ1) is 35.5. The highest BCUT2D eigenvalue weighted by Crippen LogP contribution is 2.11. The highest BCUT2D eigenvalue weighted by atomic mass is 32.1. The fourth-order valence-corrected chi connectivity index (χ4v) is 7.45. The topological polar surface area (TPSA) is 498 Å². The second kappa shape index (κ2) is 36.5. The molecular weight excluding hydrogens is 1010 g/mol. The van der Waals surface area contributed by atoms with Crippen molar-refractivity contribution in [2.75, 3.05) is 32.0 Å². The number of nitrogens with zero attached hydrogens (tertiary/aromatic N) is 1. The van der Waals surface area contributed by atoms with Crippen molar-refractivity contribution >= 4 is 77.8 Å². The van der Waals surface area contributed by atoms with Gasteiger partial charge in [-0.15, -0.1) is 0 Å². The molecule has 9 atom stereocenters. The van der Waals surface area contributed by atoms with Gasteiger partial charge in [-0.2, -0.15) is 12.6 Å². The molecule has 0 aliphatic carbocycles. The van der Waals surface area contributed by atoms with Gasteiger partial charge in [0.1, 0.15) is 48.3 Å². The third-order valence-electron chi connectivity index (χ3n) is 11.3. The summed E-state index contributed by atoms with van der Waals surface area (Å²) in [6.45, 7) is 3.16. The fraction of sp³-hybridized carbons (Fsp3) is 0.689. The lowest BCUT2D eigenvalue weighted by atomic mass is 10.0. The van der Waals surface area contributed by atoms with E-state index in [1.165, 1.54) is 12.5 Å². The number of carboxylic acids is 3. The van der Waals surface area contributed by atoms with E-state index in [9.17, 15) is 73.2 Å². The van der Waals surface area contributed by atoms with Crippen LogP contribution in [-0.2, 0) is 59.2 Å². The van der Waals surface area contributed by atoms with Gasteiger partial charge in [0.2, 0.25) is 47.3 Å². The lowest BCUT2D eigenvalue weighted by Crippen LogP contribution is -2.61. The zero-order valence-corrected chi connectivity index (χ0v) is 43.2. The standard InChI is InChI=1S/C45H78N14O15S/c1-24(2)17-32(45(73)74)57-41(69)30(12-13-35(61)62)55-42(70)31(19-36(63)64)56-44(72)34(22-75)59-40(68)29(11-5-8-16-48)53-38(66)27(9-3-6-14-46)52-39(67)28(10-4-7-15-47)54-43(71)33(21-60)58-37(65)26(49)18-25-20-50-23-51-25/h20,23-24,26-34,60,75H,3-19,21-22,46-49H2,1-2H3,(H,50,51)(H,52,67)(H,53,66)(H,54,71)(H,55,70)(H,56,72)(H,57,69)(H,58,65)(H,59,68)(H,61,62)(H,63,64)(H,73,74)/t26-,27-,28-,29-,30-,31-,32-,33-,34-/m0/s1. The Hall–Kier alpha value is -6.47. The van der Waals surface area contributed by atoms with E-state index in [-0.39, 0.29) is 64.1 Å². The summed E-state index contributed by atoms with van der Waals surface area (Å²) in [5.74, 6) is -12.9. The van der Waals surface area contributed by atoms with Gasteiger partial charge in [0.05, 0.1) is 25.4 Å². The maximum absolute atomic E-state index is 14.1. The maximum atomic E-state index is 14.1. The zero-order valence-electron chi connectivity index (χ0n) is 42.3. The van der Waals surface area contributed by atoms with Gasteiger partial charge in [-0.25, -0.2) is 9.78 Å². The fourth-order valence-electron chi connectivity index (χ4n) is 7.20. The summed E-state index contributed by atoms with van der Waals surface area (Å²) in [5.41, 5.74) is 23.6. The second-order valence-corrected chi connectivity index (χ2v) is 18.5. The molecule has 8 amide bonds. The molecule has 0 fully saturated rings. The monoisotopic (exact) mass is 1090 g/mol. The molecule has 21 N–H and O–H groups in total. The number of carbonyl (C=O) groups is 11. The van der Waals surface area contributed by atoms with Crippen molar-refractivity contribution in [3.63, 3.8) is 0 Å². The van der Waals surface area contributed by atoms with E-state index in [0.717, 1.165) is 0 Å². The third kappa shape index (κ3) is 26.5. The van der Waals surface area contributed by atoms with Crippen LogP contribution in [0.1, 0.15) is 103 Å². The second-order valence-electron chi connectivity index (χ2n) is 18.1. The molecule has 0 saturated carbocycles. The van der Waals surface area contributed by atoms with E-state index in [4.69, 9.17) is 22.9 Å². The molecule has 0 saturated heterocycles. The smallest absolute Gasteiger partial charge is 0.326 e. The number of aromatic nitrogens is 2. The molecule has 29 nitrogen and oxygen atoms in total. The predicted molar refractivity (Wildman–Crippen MR) is 272 cm³/mol. The first kappa shape index (κ1) is 66.5. The van der Waals surface area contributed by atoms with Crippen LogP contribution in [0.5, 0.6) is 0 Å². The molecule has 0 spiro atoms. The van der Waals surface area contributed by atoms with Crippen molar-refractivity contribution < 1.29 is 73.2 Å². The molecule has 30 heteroatoms. The van der Waals surface area contributed by atoms with Crippen LogP contribution in [0.4, 0.5) is 0 Å². The van der Waals surface area contributed by atoms with Gasteiger partial charge in [-0.1, -0.05) is 13.8 Å². The Morgan fingerprint density at radius 3 is 1.31 bits per heavy atom. The zero-order chi connectivity index (χ0) is 56.6. The average Bonchev–Trinajstić information content (AvgIpc) is 3.87. The number of aliphatic carboxylic acids is 3. The van der Waals surface area contributed by atoms with E-state index in [1.54, 1.807) is 13.8 Å². The van der Waals surface area contributed by atoms with Crippen molar-refractivity contribution in [2.45, 2.75) is 158 Å². The number of aliphatic hydroxyl groups excluding tert-OH is 1. The summed E-state index contributed by atoms with van der Waals surface area (Å²) in [5, 5.41) is 57.8. The number of hydrogen-bond donors (Lipinski definition) is 18. The van der Waals surface area contributed by atoms with Gasteiger partial charge in [0.15, 0.2) is 0 Å². The van der Waals surface area contributed by atoms with Crippen molar-refractivity contribution in [1.29, 1.82) is 0 Å². The summed E-state index contributed by atoms with van der Waals surface area (Å²) in [4.78, 5) is 151. The van der Waals surface area contributed by atoms with Crippen molar-refractivity contribution in [3.8, 4) is 0 Å². The molecule has 1 aromatic rings. The number of aromatic amines is 1. The van der Waals surface area contributed by atoms with Crippen LogP contribution in [0.2, 0.25) is 0 Å². The van der Waals surface area contributed by atoms with Crippen LogP contribution >= 0.6 is 12.6 Å². The number of unbranched alkanes of at least 4 members (excludes halogenated alkanes) is 3. The number of thiol groups is 1. The van der Waals surface area contributed by atoms with Crippen LogP contribution in [0.3, 0.4) is 0 Å². The molecular formula is C45H78N14O15S. The van der Waals surface area contributed by atoms with E-state index in [2.05, 4.69) is 65.1 Å². The number of amides is 8. The van der Waals surface area contributed by atoms with Gasteiger partial charge >= 0.3 is 17.9 Å². The molecule has 0 aliphatic heterocycles. The Morgan fingerprint density at radius 1 is 0.547 bits per heavy atom. The SMILES string of the molecule is CC(C)C[C@H](NC(=O)[C@H](CCC(=O)O)NC(=O)[C@H](CC(=O)O)NC(=O)[C@H](CS)NC(=O)[C@H](CCCCN)NC(=O)[C@H](CCCCN)NC(=O)[C@H](CCCCN)NC(=O)[C@H](CO)NC(=O)[C@@H](N)Cc1cnc[nH]1)C(=O)O. The van der Waals surface area contributed by atoms with Crippen LogP contribution in [0.25, 0.3) is 0 Å². The van der Waals surface area contributed by atoms with Crippen molar-refractivity contribution in [2.24, 2.45) is 28.9 Å². The molecule has 0 radical (unpaired) electrons. The lowest BCUT2D eigenvalue weighted by molar-refractivity contribution is -0.144. The van der Waals surface area contributed by atoms with E-state index < -0.39 is 151 Å². The minimum atomic E-state index is -1.94. The summed E-state index contributed by atoms with van der Waals surface area (Å²) in [6, 6.07) is -13.4. The Morgan fingerprint density at radius 2 is 0.933 bits per heavy atom. The largest absolute Gasteiger partial charge is 0.481 e. The van der Waals surface area contributed by atoms with Gasteiger partial charge in [0.25, 0.3) is 0 Å². The van der Waals surface area contributed by atoms with E-state index in [0.29, 0.717) is 37.8 Å². The lowest BCUT2D eigenvalue weighted by Gasteiger charge is -2.28. The molecule has 1 aromatic heterocycles. The van der Waals surface area contributed by atoms with Crippen LogP contribution in [-0.4, -0.2) is 182 Å². The molecule has 1 heterocycles. The Labute approximate surface area is 439 Å². The quantitative estimate of drug-likeness (QED) is 0.0216. The molecule has 424 valence electrons. The number of carbonyl (C=O) groups excluding carboxylic acids is 8. The maximum Gasteiger partial charge on any atom is 0.326 e. The first-order valence-corrected chi connectivity index (χ1v) is 25.3. The number of rotatable bonds is 40. The summed E-state index contributed by atoms with van der Waals surface area (Å²) in [6.07, 6.45) is 2.62. The number of nitrogens with two attached hydrogens (primary N) is 4. The number of H-pyrrole nitrogens is 1. The number of nitrogens with one attached hydrogen (secondary N) is 9. The molecule has 75 heavy (non-hydrogen) atoms. The van der Waals surface area contributed by atoms with Gasteiger partial charge in [-0.05, 0) is 96.2 Å². The number of carboxylic acid groups (broad SMARTS) is 3. The first-order valence-electron chi connectivity index (χ1n) is 24.7. The molecule has 0 aliphatic rings. The van der Waals surface area contributed by atoms with Crippen LogP contribution < -0.4 is 65.5 Å². The van der Waals surface area contributed by atoms with Crippen molar-refractivity contribution in [1.82, 2.24) is 52.5 Å². The normalized spacial score (nSPS) is 14.7. The third-order valence-corrected chi connectivity index (χ3v) is 11.7. The molecule has 1 rings (SSSR count). The van der Waals surface area contributed by atoms with Crippen molar-refractivity contribution in [3.05, 3.63) is 18.2 Å². The average molecular weight is 1090 g/mol. The van der Waals surface area contributed by atoms with E-state index in [1.807, 2.05) is 0 Å². The molecule has 0 aromatic carbocycles. The highest BCUT2D eigenvalue weighted by molar-refractivity contribution is 7.80. The van der Waals surface area contributed by atoms with Gasteiger partial charge in [-0.3, -0.25) is 47.9 Å². The Balaban J connectivity index is 3.38. The minimum Gasteiger partial charge on any atom is -0.481 e.